The Morgan fingerprint density at radius 2 is 2.00 bits per heavy atom. The number of carbonyl (C=O) groups excluding carboxylic acids is 1. The summed E-state index contributed by atoms with van der Waals surface area (Å²) in [5, 5.41) is 4.53. The number of fused-ring (bicyclic) bond motifs is 1. The van der Waals surface area contributed by atoms with Gasteiger partial charge in [-0.2, -0.15) is 5.10 Å². The molecule has 0 aliphatic rings. The molecule has 0 radical (unpaired) electrons. The van der Waals surface area contributed by atoms with Crippen LogP contribution < -0.4 is 4.90 Å². The topological polar surface area (TPSA) is 50.5 Å². The molecule has 3 heterocycles. The number of benzene rings is 1. The van der Waals surface area contributed by atoms with Gasteiger partial charge in [0.25, 0.3) is 5.91 Å². The Bertz CT molecular complexity index is 1110. The Hall–Kier alpha value is -2.77. The summed E-state index contributed by atoms with van der Waals surface area (Å²) in [6.07, 6.45) is 3.50. The first-order chi connectivity index (χ1) is 12.5. The lowest BCUT2D eigenvalue weighted by Crippen LogP contribution is -2.26. The van der Waals surface area contributed by atoms with E-state index in [1.54, 1.807) is 17.8 Å². The van der Waals surface area contributed by atoms with Crippen LogP contribution in [0.4, 0.5) is 10.1 Å². The number of thiazole rings is 1. The lowest BCUT2D eigenvalue weighted by molar-refractivity contribution is 0.0992. The van der Waals surface area contributed by atoms with Crippen LogP contribution in [0.1, 0.15) is 9.80 Å². The third kappa shape index (κ3) is 2.85. The molecular formula is C18H12ClFN4OS. The van der Waals surface area contributed by atoms with Gasteiger partial charge in [-0.3, -0.25) is 4.79 Å². The molecule has 1 aromatic carbocycles. The summed E-state index contributed by atoms with van der Waals surface area (Å²) >= 11 is 7.46. The minimum absolute atomic E-state index is 0.257. The summed E-state index contributed by atoms with van der Waals surface area (Å²) in [4.78, 5) is 18.6. The van der Waals surface area contributed by atoms with Crippen molar-refractivity contribution in [2.24, 2.45) is 0 Å². The molecule has 0 saturated heterocycles. The standard InChI is InChI=1S/C18H12ClFN4OS/c1-23(12-7-5-11(20)6-8-12)18(25)17-22-15(16(19)26-17)13-10-21-24-9-3-2-4-14(13)24/h2-10H,1H3. The molecule has 0 atom stereocenters. The van der Waals surface area contributed by atoms with Crippen molar-refractivity contribution in [2.75, 3.05) is 11.9 Å². The van der Waals surface area contributed by atoms with Crippen LogP contribution in [0.15, 0.2) is 54.9 Å². The van der Waals surface area contributed by atoms with Gasteiger partial charge in [-0.15, -0.1) is 0 Å². The van der Waals surface area contributed by atoms with Crippen molar-refractivity contribution >= 4 is 40.0 Å². The molecule has 0 aliphatic carbocycles. The van der Waals surface area contributed by atoms with Crippen molar-refractivity contribution in [2.45, 2.75) is 0 Å². The van der Waals surface area contributed by atoms with Crippen molar-refractivity contribution in [1.29, 1.82) is 0 Å². The number of nitrogens with zero attached hydrogens (tertiary/aromatic N) is 4. The lowest BCUT2D eigenvalue weighted by atomic mass is 10.2. The van der Waals surface area contributed by atoms with Gasteiger partial charge >= 0.3 is 0 Å². The lowest BCUT2D eigenvalue weighted by Gasteiger charge is -2.15. The molecular weight excluding hydrogens is 375 g/mol. The average Bonchev–Trinajstić information content (AvgIpc) is 3.24. The minimum Gasteiger partial charge on any atom is -0.309 e. The zero-order valence-electron chi connectivity index (χ0n) is 13.6. The van der Waals surface area contributed by atoms with Gasteiger partial charge in [-0.1, -0.05) is 29.0 Å². The third-order valence-electron chi connectivity index (χ3n) is 3.97. The van der Waals surface area contributed by atoms with Crippen molar-refractivity contribution in [3.05, 3.63) is 70.0 Å². The molecule has 8 heteroatoms. The molecule has 0 fully saturated rings. The summed E-state index contributed by atoms with van der Waals surface area (Å²) in [5.41, 5.74) is 2.70. The Labute approximate surface area is 157 Å². The molecule has 4 aromatic rings. The highest BCUT2D eigenvalue weighted by molar-refractivity contribution is 7.18. The smallest absolute Gasteiger partial charge is 0.287 e. The van der Waals surface area contributed by atoms with Crippen LogP contribution in [0.25, 0.3) is 16.8 Å². The minimum atomic E-state index is -0.359. The summed E-state index contributed by atoms with van der Waals surface area (Å²) in [5.74, 6) is -0.673. The van der Waals surface area contributed by atoms with Crippen LogP contribution in [0.3, 0.4) is 0 Å². The van der Waals surface area contributed by atoms with E-state index in [0.29, 0.717) is 15.7 Å². The van der Waals surface area contributed by atoms with E-state index in [2.05, 4.69) is 10.1 Å². The zero-order valence-corrected chi connectivity index (χ0v) is 15.1. The van der Waals surface area contributed by atoms with Gasteiger partial charge in [-0.25, -0.2) is 13.9 Å². The number of carbonyl (C=O) groups is 1. The summed E-state index contributed by atoms with van der Waals surface area (Å²) in [7, 11) is 1.61. The van der Waals surface area contributed by atoms with E-state index in [0.717, 1.165) is 22.4 Å². The highest BCUT2D eigenvalue weighted by Crippen LogP contribution is 2.35. The predicted molar refractivity (Wildman–Crippen MR) is 100 cm³/mol. The molecule has 0 unspecified atom stereocenters. The molecule has 130 valence electrons. The van der Waals surface area contributed by atoms with E-state index in [4.69, 9.17) is 11.6 Å². The molecule has 0 spiro atoms. The van der Waals surface area contributed by atoms with Gasteiger partial charge in [-0.05, 0) is 36.4 Å². The van der Waals surface area contributed by atoms with E-state index >= 15 is 0 Å². The van der Waals surface area contributed by atoms with Crippen LogP contribution in [0.2, 0.25) is 4.34 Å². The fourth-order valence-corrected chi connectivity index (χ4v) is 3.75. The summed E-state index contributed by atoms with van der Waals surface area (Å²) in [6.45, 7) is 0. The molecule has 5 nitrogen and oxygen atoms in total. The highest BCUT2D eigenvalue weighted by atomic mass is 35.5. The third-order valence-corrected chi connectivity index (χ3v) is 5.21. The highest BCUT2D eigenvalue weighted by Gasteiger charge is 2.22. The number of hydrogen-bond acceptors (Lipinski definition) is 4. The molecule has 1 amide bonds. The van der Waals surface area contributed by atoms with E-state index in [9.17, 15) is 9.18 Å². The quantitative estimate of drug-likeness (QED) is 0.520. The van der Waals surface area contributed by atoms with Gasteiger partial charge in [0, 0.05) is 24.5 Å². The Morgan fingerprint density at radius 1 is 1.23 bits per heavy atom. The van der Waals surface area contributed by atoms with Crippen molar-refractivity contribution in [1.82, 2.24) is 14.6 Å². The normalized spacial score (nSPS) is 11.0. The molecule has 26 heavy (non-hydrogen) atoms. The fraction of sp³-hybridized carbons (Fsp3) is 0.0556. The average molecular weight is 387 g/mol. The first-order valence-corrected chi connectivity index (χ1v) is 8.87. The number of halogens is 2. The SMILES string of the molecule is CN(C(=O)c1nc(-c2cnn3ccccc23)c(Cl)s1)c1ccc(F)cc1. The predicted octanol–water partition coefficient (Wildman–Crippen LogP) is 4.53. The number of hydrogen-bond donors (Lipinski definition) is 0. The first-order valence-electron chi connectivity index (χ1n) is 7.67. The van der Waals surface area contributed by atoms with Gasteiger partial charge in [0.05, 0.1) is 11.7 Å². The van der Waals surface area contributed by atoms with Crippen LogP contribution in [0.5, 0.6) is 0 Å². The largest absolute Gasteiger partial charge is 0.309 e. The van der Waals surface area contributed by atoms with Gasteiger partial charge in [0.1, 0.15) is 15.8 Å². The second-order valence-electron chi connectivity index (χ2n) is 5.57. The fourth-order valence-electron chi connectivity index (χ4n) is 2.60. The maximum Gasteiger partial charge on any atom is 0.287 e. The van der Waals surface area contributed by atoms with Crippen LogP contribution >= 0.6 is 22.9 Å². The molecule has 3 aromatic heterocycles. The number of rotatable bonds is 3. The van der Waals surface area contributed by atoms with E-state index in [-0.39, 0.29) is 16.7 Å². The van der Waals surface area contributed by atoms with Crippen molar-refractivity contribution in [3.63, 3.8) is 0 Å². The van der Waals surface area contributed by atoms with Crippen LogP contribution in [-0.4, -0.2) is 27.6 Å². The van der Waals surface area contributed by atoms with E-state index in [1.165, 1.54) is 29.2 Å². The Balaban J connectivity index is 1.70. The van der Waals surface area contributed by atoms with Gasteiger partial charge < -0.3 is 4.90 Å². The molecule has 0 saturated carbocycles. The molecule has 0 bridgehead atoms. The second kappa shape index (κ2) is 6.51. The number of aromatic nitrogens is 3. The zero-order chi connectivity index (χ0) is 18.3. The monoisotopic (exact) mass is 386 g/mol. The van der Waals surface area contributed by atoms with E-state index in [1.807, 2.05) is 24.4 Å². The molecule has 0 aliphatic heterocycles. The van der Waals surface area contributed by atoms with Gasteiger partial charge in [0.2, 0.25) is 0 Å². The number of anilines is 1. The molecule has 4 rings (SSSR count). The second-order valence-corrected chi connectivity index (χ2v) is 7.17. The Morgan fingerprint density at radius 3 is 2.77 bits per heavy atom. The number of amides is 1. The Kier molecular flexibility index (Phi) is 4.18. The van der Waals surface area contributed by atoms with Crippen LogP contribution in [-0.2, 0) is 0 Å². The summed E-state index contributed by atoms with van der Waals surface area (Å²) < 4.78 is 15.2. The van der Waals surface area contributed by atoms with Crippen LogP contribution in [0, 0.1) is 5.82 Å². The summed E-state index contributed by atoms with van der Waals surface area (Å²) in [6, 6.07) is 11.4. The first kappa shape index (κ1) is 16.7. The van der Waals surface area contributed by atoms with Gasteiger partial charge in [0.15, 0.2) is 5.01 Å². The number of pyridine rings is 1. The molecule has 0 N–H and O–H groups in total. The van der Waals surface area contributed by atoms with Crippen molar-refractivity contribution in [3.8, 4) is 11.3 Å². The maximum absolute atomic E-state index is 13.1. The van der Waals surface area contributed by atoms with E-state index < -0.39 is 0 Å². The van der Waals surface area contributed by atoms with Crippen molar-refractivity contribution < 1.29 is 9.18 Å². The maximum atomic E-state index is 13.1.